The van der Waals surface area contributed by atoms with Crippen molar-refractivity contribution >= 4 is 5.97 Å². The number of halogens is 1. The second kappa shape index (κ2) is 5.96. The zero-order valence-electron chi connectivity index (χ0n) is 11.2. The van der Waals surface area contributed by atoms with Crippen molar-refractivity contribution in [3.05, 3.63) is 35.1 Å². The summed E-state index contributed by atoms with van der Waals surface area (Å²) in [5.41, 5.74) is 1.33. The highest BCUT2D eigenvalue weighted by molar-refractivity contribution is 5.71. The van der Waals surface area contributed by atoms with E-state index in [-0.39, 0.29) is 17.8 Å². The van der Waals surface area contributed by atoms with Crippen LogP contribution in [0, 0.1) is 24.6 Å². The van der Waals surface area contributed by atoms with Crippen molar-refractivity contribution in [3.8, 4) is 0 Å². The molecule has 0 aromatic heterocycles. The molecule has 0 aliphatic heterocycles. The quantitative estimate of drug-likeness (QED) is 0.848. The smallest absolute Gasteiger partial charge is 0.308 e. The van der Waals surface area contributed by atoms with Crippen LogP contribution in [0.2, 0.25) is 0 Å². The maximum absolute atomic E-state index is 13.2. The first-order valence-corrected chi connectivity index (χ1v) is 6.04. The molecule has 100 valence electrons. The van der Waals surface area contributed by atoms with E-state index >= 15 is 0 Å². The highest BCUT2D eigenvalue weighted by atomic mass is 19.1. The fourth-order valence-corrected chi connectivity index (χ4v) is 2.23. The summed E-state index contributed by atoms with van der Waals surface area (Å²) in [4.78, 5) is 11.4. The second-order valence-electron chi connectivity index (χ2n) is 4.88. The van der Waals surface area contributed by atoms with E-state index in [9.17, 15) is 14.3 Å². The molecular formula is C14H20FNO2. The van der Waals surface area contributed by atoms with Crippen LogP contribution in [0.4, 0.5) is 4.39 Å². The number of nitrogens with one attached hydrogen (secondary N) is 1. The standard InChI is InChI=1S/C14H20FNO2/c1-8(2)12(14(17)18)13(16-4)10-5-6-11(15)9(3)7-10/h5-8,12-13,16H,1-4H3,(H,17,18). The van der Waals surface area contributed by atoms with E-state index in [1.807, 2.05) is 13.8 Å². The van der Waals surface area contributed by atoms with Gasteiger partial charge in [0.15, 0.2) is 0 Å². The van der Waals surface area contributed by atoms with Crippen molar-refractivity contribution in [3.63, 3.8) is 0 Å². The number of carbonyl (C=O) groups is 1. The van der Waals surface area contributed by atoms with E-state index in [2.05, 4.69) is 5.32 Å². The first-order chi connectivity index (χ1) is 8.38. The summed E-state index contributed by atoms with van der Waals surface area (Å²) >= 11 is 0. The minimum absolute atomic E-state index is 0.00897. The fraction of sp³-hybridized carbons (Fsp3) is 0.500. The molecule has 2 unspecified atom stereocenters. The summed E-state index contributed by atoms with van der Waals surface area (Å²) in [6, 6.07) is 4.41. The van der Waals surface area contributed by atoms with Crippen LogP contribution in [0.3, 0.4) is 0 Å². The second-order valence-corrected chi connectivity index (χ2v) is 4.88. The zero-order valence-corrected chi connectivity index (χ0v) is 11.2. The summed E-state index contributed by atoms with van der Waals surface area (Å²) in [6.07, 6.45) is 0. The Bertz CT molecular complexity index is 432. The molecule has 0 heterocycles. The molecule has 0 aliphatic rings. The molecular weight excluding hydrogens is 233 g/mol. The maximum atomic E-state index is 13.2. The molecule has 0 saturated heterocycles. The van der Waals surface area contributed by atoms with Gasteiger partial charge in [0.05, 0.1) is 5.92 Å². The predicted molar refractivity (Wildman–Crippen MR) is 68.9 cm³/mol. The molecule has 4 heteroatoms. The van der Waals surface area contributed by atoms with Crippen molar-refractivity contribution in [2.45, 2.75) is 26.8 Å². The molecule has 18 heavy (non-hydrogen) atoms. The van der Waals surface area contributed by atoms with Gasteiger partial charge in [0.25, 0.3) is 0 Å². The maximum Gasteiger partial charge on any atom is 0.308 e. The molecule has 0 fully saturated rings. The molecule has 1 rings (SSSR count). The molecule has 0 bridgehead atoms. The number of carboxylic acids is 1. The highest BCUT2D eigenvalue weighted by Crippen LogP contribution is 2.29. The lowest BCUT2D eigenvalue weighted by molar-refractivity contribution is -0.144. The van der Waals surface area contributed by atoms with Crippen LogP contribution in [0.15, 0.2) is 18.2 Å². The number of hydrogen-bond acceptors (Lipinski definition) is 2. The van der Waals surface area contributed by atoms with Gasteiger partial charge in [-0.25, -0.2) is 4.39 Å². The van der Waals surface area contributed by atoms with Crippen LogP contribution in [-0.4, -0.2) is 18.1 Å². The number of rotatable bonds is 5. The Hall–Kier alpha value is -1.42. The third-order valence-corrected chi connectivity index (χ3v) is 3.21. The number of aliphatic carboxylic acids is 1. The molecule has 1 aromatic rings. The average molecular weight is 253 g/mol. The minimum Gasteiger partial charge on any atom is -0.481 e. The van der Waals surface area contributed by atoms with E-state index in [0.29, 0.717) is 5.56 Å². The van der Waals surface area contributed by atoms with Gasteiger partial charge >= 0.3 is 5.97 Å². The summed E-state index contributed by atoms with van der Waals surface area (Å²) < 4.78 is 13.2. The largest absolute Gasteiger partial charge is 0.481 e. The lowest BCUT2D eigenvalue weighted by atomic mass is 9.84. The number of hydrogen-bond donors (Lipinski definition) is 2. The predicted octanol–water partition coefficient (Wildman–Crippen LogP) is 2.75. The minimum atomic E-state index is -0.841. The van der Waals surface area contributed by atoms with Gasteiger partial charge in [-0.1, -0.05) is 26.0 Å². The Morgan fingerprint density at radius 1 is 1.39 bits per heavy atom. The first kappa shape index (κ1) is 14.6. The van der Waals surface area contributed by atoms with E-state index in [4.69, 9.17) is 0 Å². The van der Waals surface area contributed by atoms with Gasteiger partial charge < -0.3 is 10.4 Å². The molecule has 0 amide bonds. The van der Waals surface area contributed by atoms with E-state index in [1.165, 1.54) is 6.07 Å². The van der Waals surface area contributed by atoms with Crippen molar-refractivity contribution < 1.29 is 14.3 Å². The summed E-state index contributed by atoms with van der Waals surface area (Å²) in [5, 5.41) is 12.3. The molecule has 2 N–H and O–H groups in total. The van der Waals surface area contributed by atoms with Crippen LogP contribution in [0.25, 0.3) is 0 Å². The van der Waals surface area contributed by atoms with Gasteiger partial charge in [0, 0.05) is 6.04 Å². The van der Waals surface area contributed by atoms with Crippen LogP contribution >= 0.6 is 0 Å². The molecule has 0 spiro atoms. The Morgan fingerprint density at radius 2 is 2.00 bits per heavy atom. The topological polar surface area (TPSA) is 49.3 Å². The molecule has 0 radical (unpaired) electrons. The van der Waals surface area contributed by atoms with Gasteiger partial charge in [-0.3, -0.25) is 4.79 Å². The number of aryl methyl sites for hydroxylation is 1. The van der Waals surface area contributed by atoms with E-state index in [0.717, 1.165) is 5.56 Å². The highest BCUT2D eigenvalue weighted by Gasteiger charge is 2.31. The van der Waals surface area contributed by atoms with Crippen LogP contribution in [-0.2, 0) is 4.79 Å². The van der Waals surface area contributed by atoms with Gasteiger partial charge in [0.2, 0.25) is 0 Å². The van der Waals surface area contributed by atoms with Gasteiger partial charge in [0.1, 0.15) is 5.82 Å². The third-order valence-electron chi connectivity index (χ3n) is 3.21. The summed E-state index contributed by atoms with van der Waals surface area (Å²) in [7, 11) is 1.72. The lowest BCUT2D eigenvalue weighted by Crippen LogP contribution is -2.34. The number of carboxylic acid groups (broad SMARTS) is 1. The SMILES string of the molecule is CNC(c1ccc(F)c(C)c1)C(C(=O)O)C(C)C. The molecule has 0 saturated carbocycles. The van der Waals surface area contributed by atoms with Gasteiger partial charge in [-0.15, -0.1) is 0 Å². The third kappa shape index (κ3) is 3.07. The Labute approximate surface area is 107 Å². The van der Waals surface area contributed by atoms with E-state index in [1.54, 1.807) is 26.1 Å². The van der Waals surface area contributed by atoms with Crippen molar-refractivity contribution in [1.82, 2.24) is 5.32 Å². The number of benzene rings is 1. The molecule has 3 nitrogen and oxygen atoms in total. The van der Waals surface area contributed by atoms with Crippen LogP contribution < -0.4 is 5.32 Å². The van der Waals surface area contributed by atoms with E-state index < -0.39 is 11.9 Å². The monoisotopic (exact) mass is 253 g/mol. The van der Waals surface area contributed by atoms with Gasteiger partial charge in [-0.2, -0.15) is 0 Å². The fourth-order valence-electron chi connectivity index (χ4n) is 2.23. The van der Waals surface area contributed by atoms with Crippen molar-refractivity contribution in [2.75, 3.05) is 7.05 Å². The van der Waals surface area contributed by atoms with Crippen molar-refractivity contribution in [2.24, 2.45) is 11.8 Å². The molecule has 2 atom stereocenters. The lowest BCUT2D eigenvalue weighted by Gasteiger charge is -2.27. The van der Waals surface area contributed by atoms with Crippen molar-refractivity contribution in [1.29, 1.82) is 0 Å². The van der Waals surface area contributed by atoms with Crippen LogP contribution in [0.1, 0.15) is 31.0 Å². The Kier molecular flexibility index (Phi) is 4.84. The first-order valence-electron chi connectivity index (χ1n) is 6.04. The summed E-state index contributed by atoms with van der Waals surface area (Å²) in [6.45, 7) is 5.43. The van der Waals surface area contributed by atoms with Crippen LogP contribution in [0.5, 0.6) is 0 Å². The summed E-state index contributed by atoms with van der Waals surface area (Å²) in [5.74, 6) is -1.67. The zero-order chi connectivity index (χ0) is 13.9. The molecule has 0 aliphatic carbocycles. The average Bonchev–Trinajstić information content (AvgIpc) is 2.28. The normalized spacial score (nSPS) is 14.6. The molecule has 1 aromatic carbocycles. The van der Waals surface area contributed by atoms with Gasteiger partial charge in [-0.05, 0) is 37.1 Å². The Balaban J connectivity index is 3.14. The Morgan fingerprint density at radius 3 is 2.39 bits per heavy atom.